The quantitative estimate of drug-likeness (QED) is 0.227. The number of nitrogens with one attached hydrogen (secondary N) is 1. The molecule has 0 heterocycles. The molecule has 38 heavy (non-hydrogen) atoms. The Kier molecular flexibility index (Phi) is 6.04. The average Bonchev–Trinajstić information content (AvgIpc) is 3.29. The summed E-state index contributed by atoms with van der Waals surface area (Å²) in [5.41, 5.74) is 13.6. The standard InChI is InChI=1S/C21H19N.C15H13Br/c1-21(2)19-11-7-6-10-17(19)18-14-16(12-13-20(18)21)22-15-8-4-3-5-9-15;1-15(2)13-6-4-3-5-11(13)12-9-10(16)7-8-14(12)15/h3-14,22H,1-2H3;3-9H,1-2H3. The fraction of sp³-hybridized carbons (Fsp3) is 0.167. The van der Waals surface area contributed by atoms with Gasteiger partial charge >= 0.3 is 0 Å². The molecule has 0 fully saturated rings. The van der Waals surface area contributed by atoms with Crippen LogP contribution in [0.1, 0.15) is 49.9 Å². The molecule has 5 aromatic carbocycles. The lowest BCUT2D eigenvalue weighted by atomic mass is 9.82. The molecule has 0 radical (unpaired) electrons. The first-order valence-electron chi connectivity index (χ1n) is 13.2. The second-order valence-corrected chi connectivity index (χ2v) is 12.2. The van der Waals surface area contributed by atoms with E-state index in [2.05, 4.69) is 146 Å². The monoisotopic (exact) mass is 557 g/mol. The topological polar surface area (TPSA) is 12.0 Å². The Balaban J connectivity index is 0.000000146. The van der Waals surface area contributed by atoms with E-state index >= 15 is 0 Å². The summed E-state index contributed by atoms with van der Waals surface area (Å²) in [5.74, 6) is 0. The average molecular weight is 559 g/mol. The smallest absolute Gasteiger partial charge is 0.0390 e. The maximum atomic E-state index is 3.55. The lowest BCUT2D eigenvalue weighted by Gasteiger charge is -2.21. The van der Waals surface area contributed by atoms with Gasteiger partial charge in [0.1, 0.15) is 0 Å². The summed E-state index contributed by atoms with van der Waals surface area (Å²) in [7, 11) is 0. The summed E-state index contributed by atoms with van der Waals surface area (Å²) in [6.07, 6.45) is 0. The second kappa shape index (κ2) is 9.29. The van der Waals surface area contributed by atoms with E-state index in [0.29, 0.717) is 0 Å². The second-order valence-electron chi connectivity index (χ2n) is 11.3. The van der Waals surface area contributed by atoms with Gasteiger partial charge in [0.15, 0.2) is 0 Å². The number of rotatable bonds is 2. The van der Waals surface area contributed by atoms with Gasteiger partial charge in [-0.3, -0.25) is 0 Å². The van der Waals surface area contributed by atoms with E-state index in [0.717, 1.165) is 15.8 Å². The molecule has 2 aliphatic carbocycles. The van der Waals surface area contributed by atoms with Crippen LogP contribution >= 0.6 is 15.9 Å². The normalized spacial score (nSPS) is 14.9. The number of halogens is 1. The Morgan fingerprint density at radius 2 is 0.921 bits per heavy atom. The maximum Gasteiger partial charge on any atom is 0.0390 e. The Hall–Kier alpha value is -3.62. The molecule has 2 aliphatic rings. The van der Waals surface area contributed by atoms with Gasteiger partial charge in [0.05, 0.1) is 0 Å². The Morgan fingerprint density at radius 1 is 0.447 bits per heavy atom. The lowest BCUT2D eigenvalue weighted by Crippen LogP contribution is -2.14. The predicted octanol–water partition coefficient (Wildman–Crippen LogP) is 10.5. The van der Waals surface area contributed by atoms with Gasteiger partial charge in [-0.2, -0.15) is 0 Å². The number of benzene rings is 5. The molecule has 1 nitrogen and oxygen atoms in total. The fourth-order valence-electron chi connectivity index (χ4n) is 6.18. The van der Waals surface area contributed by atoms with Crippen molar-refractivity contribution < 1.29 is 0 Å². The van der Waals surface area contributed by atoms with E-state index in [1.807, 2.05) is 18.2 Å². The first kappa shape index (κ1) is 24.7. The van der Waals surface area contributed by atoms with Gasteiger partial charge in [-0.15, -0.1) is 0 Å². The van der Waals surface area contributed by atoms with Crippen LogP contribution < -0.4 is 5.32 Å². The van der Waals surface area contributed by atoms with E-state index < -0.39 is 0 Å². The zero-order chi connectivity index (χ0) is 26.5. The third-order valence-corrected chi connectivity index (χ3v) is 8.68. The van der Waals surface area contributed by atoms with E-state index in [1.54, 1.807) is 0 Å². The van der Waals surface area contributed by atoms with Crippen LogP contribution in [-0.2, 0) is 10.8 Å². The van der Waals surface area contributed by atoms with Crippen molar-refractivity contribution in [3.8, 4) is 22.3 Å². The third-order valence-electron chi connectivity index (χ3n) is 8.19. The first-order valence-corrected chi connectivity index (χ1v) is 14.0. The minimum Gasteiger partial charge on any atom is -0.356 e. The molecular weight excluding hydrogens is 526 g/mol. The molecular formula is C36H32BrN. The van der Waals surface area contributed by atoms with Crippen molar-refractivity contribution in [2.24, 2.45) is 0 Å². The summed E-state index contributed by atoms with van der Waals surface area (Å²) in [5, 5.41) is 3.49. The zero-order valence-electron chi connectivity index (χ0n) is 22.3. The minimum absolute atomic E-state index is 0.0806. The van der Waals surface area contributed by atoms with Crippen LogP contribution in [0.4, 0.5) is 11.4 Å². The molecule has 0 saturated carbocycles. The largest absolute Gasteiger partial charge is 0.356 e. The van der Waals surface area contributed by atoms with Crippen molar-refractivity contribution in [1.29, 1.82) is 0 Å². The zero-order valence-corrected chi connectivity index (χ0v) is 23.9. The van der Waals surface area contributed by atoms with Crippen molar-refractivity contribution in [2.75, 3.05) is 5.32 Å². The van der Waals surface area contributed by atoms with Crippen LogP contribution in [0.3, 0.4) is 0 Å². The van der Waals surface area contributed by atoms with Gasteiger partial charge in [-0.05, 0) is 80.9 Å². The molecule has 7 rings (SSSR count). The van der Waals surface area contributed by atoms with E-state index in [4.69, 9.17) is 0 Å². The summed E-state index contributed by atoms with van der Waals surface area (Å²) in [6.45, 7) is 9.21. The van der Waals surface area contributed by atoms with Crippen molar-refractivity contribution in [3.63, 3.8) is 0 Å². The number of para-hydroxylation sites is 1. The van der Waals surface area contributed by atoms with Gasteiger partial charge in [-0.25, -0.2) is 0 Å². The summed E-state index contributed by atoms with van der Waals surface area (Å²) in [4.78, 5) is 0. The van der Waals surface area contributed by atoms with Crippen LogP contribution in [0.2, 0.25) is 0 Å². The van der Waals surface area contributed by atoms with Gasteiger partial charge in [0.25, 0.3) is 0 Å². The van der Waals surface area contributed by atoms with Crippen LogP contribution in [0.5, 0.6) is 0 Å². The Bertz CT molecular complexity index is 1650. The first-order chi connectivity index (χ1) is 18.3. The number of hydrogen-bond donors (Lipinski definition) is 1. The fourth-order valence-corrected chi connectivity index (χ4v) is 6.54. The highest BCUT2D eigenvalue weighted by molar-refractivity contribution is 9.10. The van der Waals surface area contributed by atoms with Crippen LogP contribution in [0.25, 0.3) is 22.3 Å². The van der Waals surface area contributed by atoms with Crippen molar-refractivity contribution in [1.82, 2.24) is 0 Å². The highest BCUT2D eigenvalue weighted by Crippen LogP contribution is 2.50. The molecule has 0 atom stereocenters. The molecule has 2 heteroatoms. The predicted molar refractivity (Wildman–Crippen MR) is 165 cm³/mol. The van der Waals surface area contributed by atoms with Crippen LogP contribution in [0, 0.1) is 0 Å². The van der Waals surface area contributed by atoms with E-state index in [-0.39, 0.29) is 10.8 Å². The molecule has 1 N–H and O–H groups in total. The molecule has 188 valence electrons. The molecule has 0 aromatic heterocycles. The molecule has 0 spiro atoms. The van der Waals surface area contributed by atoms with Crippen LogP contribution in [0.15, 0.2) is 120 Å². The molecule has 0 aliphatic heterocycles. The van der Waals surface area contributed by atoms with Gasteiger partial charge in [0, 0.05) is 26.7 Å². The van der Waals surface area contributed by atoms with E-state index in [1.165, 1.54) is 44.5 Å². The van der Waals surface area contributed by atoms with Gasteiger partial charge in [-0.1, -0.05) is 122 Å². The van der Waals surface area contributed by atoms with Crippen LogP contribution in [-0.4, -0.2) is 0 Å². The number of fused-ring (bicyclic) bond motifs is 6. The van der Waals surface area contributed by atoms with Gasteiger partial charge < -0.3 is 5.32 Å². The summed E-state index contributed by atoms with van der Waals surface area (Å²) >= 11 is 3.55. The van der Waals surface area contributed by atoms with Crippen molar-refractivity contribution in [2.45, 2.75) is 38.5 Å². The molecule has 0 saturated heterocycles. The minimum atomic E-state index is 0.0806. The SMILES string of the molecule is CC1(C)c2ccccc2-c2cc(Br)ccc21.CC1(C)c2ccccc2-c2cc(Nc3ccccc3)ccc21. The van der Waals surface area contributed by atoms with Crippen molar-refractivity contribution >= 4 is 27.3 Å². The lowest BCUT2D eigenvalue weighted by molar-refractivity contribution is 0.660. The third kappa shape index (κ3) is 4.08. The summed E-state index contributed by atoms with van der Waals surface area (Å²) < 4.78 is 1.15. The molecule has 0 amide bonds. The molecule has 5 aromatic rings. The molecule has 0 bridgehead atoms. The highest BCUT2D eigenvalue weighted by atomic mass is 79.9. The Morgan fingerprint density at radius 3 is 1.53 bits per heavy atom. The highest BCUT2D eigenvalue weighted by Gasteiger charge is 2.35. The van der Waals surface area contributed by atoms with Crippen molar-refractivity contribution in [3.05, 3.63) is 142 Å². The Labute approximate surface area is 234 Å². The number of anilines is 2. The van der Waals surface area contributed by atoms with E-state index in [9.17, 15) is 0 Å². The summed E-state index contributed by atoms with van der Waals surface area (Å²) in [6, 6.07) is 41.1. The number of hydrogen-bond acceptors (Lipinski definition) is 1. The maximum absolute atomic E-state index is 3.55. The molecule has 0 unspecified atom stereocenters. The van der Waals surface area contributed by atoms with Gasteiger partial charge in [0.2, 0.25) is 0 Å².